The molecule has 3 aromatic rings. The molecule has 0 saturated carbocycles. The monoisotopic (exact) mass is 386 g/mol. The van der Waals surface area contributed by atoms with Crippen LogP contribution in [0.3, 0.4) is 0 Å². The van der Waals surface area contributed by atoms with E-state index in [2.05, 4.69) is 19.7 Å². The molecule has 0 aromatic carbocycles. The SMILES string of the molecule is CCS(=O)(=O)c1cccnc1-c1nc2cc(OC(F)(F)F)cnc2n1C. The fourth-order valence-electron chi connectivity index (χ4n) is 2.42. The number of nitrogens with zero attached hydrogens (tertiary/aromatic N) is 4. The van der Waals surface area contributed by atoms with Gasteiger partial charge in [-0.05, 0) is 12.1 Å². The minimum Gasteiger partial charge on any atom is -0.404 e. The molecule has 0 fully saturated rings. The summed E-state index contributed by atoms with van der Waals surface area (Å²) in [5.41, 5.74) is 0.489. The van der Waals surface area contributed by atoms with Crippen molar-refractivity contribution in [3.05, 3.63) is 30.6 Å². The molecular weight excluding hydrogens is 373 g/mol. The fourth-order valence-corrected chi connectivity index (χ4v) is 3.46. The predicted octanol–water partition coefficient (Wildman–Crippen LogP) is 2.72. The lowest BCUT2D eigenvalue weighted by Crippen LogP contribution is -2.17. The first-order valence-electron chi connectivity index (χ1n) is 7.39. The van der Waals surface area contributed by atoms with E-state index in [0.717, 1.165) is 12.3 Å². The van der Waals surface area contributed by atoms with E-state index in [9.17, 15) is 21.6 Å². The zero-order valence-electron chi connectivity index (χ0n) is 13.6. The molecule has 138 valence electrons. The van der Waals surface area contributed by atoms with Gasteiger partial charge in [-0.3, -0.25) is 4.98 Å². The Hall–Kier alpha value is -2.69. The molecule has 7 nitrogen and oxygen atoms in total. The number of alkyl halides is 3. The van der Waals surface area contributed by atoms with Gasteiger partial charge in [0.15, 0.2) is 21.3 Å². The van der Waals surface area contributed by atoms with Crippen LogP contribution >= 0.6 is 0 Å². The number of sulfone groups is 1. The normalized spacial score (nSPS) is 12.5. The number of hydrogen-bond acceptors (Lipinski definition) is 6. The average molecular weight is 386 g/mol. The van der Waals surface area contributed by atoms with Gasteiger partial charge in [-0.1, -0.05) is 6.92 Å². The zero-order valence-corrected chi connectivity index (χ0v) is 14.5. The van der Waals surface area contributed by atoms with Gasteiger partial charge in [-0.15, -0.1) is 13.2 Å². The van der Waals surface area contributed by atoms with Crippen molar-refractivity contribution in [2.24, 2.45) is 7.05 Å². The molecule has 0 aliphatic carbocycles. The van der Waals surface area contributed by atoms with Crippen molar-refractivity contribution in [3.63, 3.8) is 0 Å². The van der Waals surface area contributed by atoms with E-state index in [1.165, 1.54) is 29.8 Å². The molecule has 0 atom stereocenters. The Morgan fingerprint density at radius 1 is 1.27 bits per heavy atom. The summed E-state index contributed by atoms with van der Waals surface area (Å²) in [5.74, 6) is -0.473. The maximum absolute atomic E-state index is 12.4. The van der Waals surface area contributed by atoms with E-state index in [1.807, 2.05) is 0 Å². The molecule has 3 heterocycles. The van der Waals surface area contributed by atoms with Crippen molar-refractivity contribution >= 4 is 21.0 Å². The summed E-state index contributed by atoms with van der Waals surface area (Å²) in [7, 11) is -2.00. The van der Waals surface area contributed by atoms with Crippen LogP contribution in [0.25, 0.3) is 22.7 Å². The van der Waals surface area contributed by atoms with Gasteiger partial charge < -0.3 is 9.30 Å². The standard InChI is InChI=1S/C15H13F3N4O3S/c1-3-26(23,24)11-5-4-6-19-12(11)14-21-10-7-9(25-15(16,17)18)8-20-13(10)22(14)2/h4-8H,3H2,1-2H3. The third kappa shape index (κ3) is 3.34. The maximum Gasteiger partial charge on any atom is 0.573 e. The highest BCUT2D eigenvalue weighted by Crippen LogP contribution is 2.29. The van der Waals surface area contributed by atoms with Crippen molar-refractivity contribution in [1.29, 1.82) is 0 Å². The van der Waals surface area contributed by atoms with Crippen LogP contribution in [-0.2, 0) is 16.9 Å². The van der Waals surface area contributed by atoms with Crippen molar-refractivity contribution in [1.82, 2.24) is 19.5 Å². The smallest absolute Gasteiger partial charge is 0.404 e. The van der Waals surface area contributed by atoms with Crippen molar-refractivity contribution in [2.45, 2.75) is 18.2 Å². The minimum atomic E-state index is -4.85. The lowest BCUT2D eigenvalue weighted by Gasteiger charge is -2.08. The average Bonchev–Trinajstić information content (AvgIpc) is 2.89. The van der Waals surface area contributed by atoms with E-state index in [4.69, 9.17) is 0 Å². The van der Waals surface area contributed by atoms with Crippen LogP contribution in [0.1, 0.15) is 6.92 Å². The quantitative estimate of drug-likeness (QED) is 0.685. The lowest BCUT2D eigenvalue weighted by atomic mass is 10.3. The van der Waals surface area contributed by atoms with Gasteiger partial charge in [-0.2, -0.15) is 0 Å². The van der Waals surface area contributed by atoms with Gasteiger partial charge in [0.1, 0.15) is 17.0 Å². The number of fused-ring (bicyclic) bond motifs is 1. The fraction of sp³-hybridized carbons (Fsp3) is 0.267. The Morgan fingerprint density at radius 3 is 2.65 bits per heavy atom. The van der Waals surface area contributed by atoms with E-state index < -0.39 is 21.9 Å². The van der Waals surface area contributed by atoms with Crippen molar-refractivity contribution < 1.29 is 26.3 Å². The Bertz CT molecular complexity index is 1080. The van der Waals surface area contributed by atoms with E-state index >= 15 is 0 Å². The number of halogens is 3. The Labute approximate surface area is 146 Å². The van der Waals surface area contributed by atoms with Gasteiger partial charge in [0, 0.05) is 19.3 Å². The van der Waals surface area contributed by atoms with Crippen LogP contribution in [0, 0.1) is 0 Å². The van der Waals surface area contributed by atoms with Gasteiger partial charge in [0.05, 0.1) is 16.8 Å². The van der Waals surface area contributed by atoms with Crippen molar-refractivity contribution in [3.8, 4) is 17.3 Å². The Kier molecular flexibility index (Phi) is 4.34. The summed E-state index contributed by atoms with van der Waals surface area (Å²) in [6, 6.07) is 3.98. The third-order valence-electron chi connectivity index (χ3n) is 3.62. The van der Waals surface area contributed by atoms with Crippen LogP contribution in [0.15, 0.2) is 35.5 Å². The van der Waals surface area contributed by atoms with Crippen LogP contribution < -0.4 is 4.74 Å². The molecule has 0 unspecified atom stereocenters. The van der Waals surface area contributed by atoms with Crippen molar-refractivity contribution in [2.75, 3.05) is 5.75 Å². The zero-order chi connectivity index (χ0) is 19.1. The molecule has 26 heavy (non-hydrogen) atoms. The molecule has 11 heteroatoms. The summed E-state index contributed by atoms with van der Waals surface area (Å²) in [4.78, 5) is 12.2. The first-order chi connectivity index (χ1) is 12.1. The van der Waals surface area contributed by atoms with E-state index in [1.54, 1.807) is 7.05 Å². The Morgan fingerprint density at radius 2 is 2.00 bits per heavy atom. The minimum absolute atomic E-state index is 0.00679. The summed E-state index contributed by atoms with van der Waals surface area (Å²) >= 11 is 0. The Balaban J connectivity index is 2.17. The van der Waals surface area contributed by atoms with E-state index in [-0.39, 0.29) is 33.3 Å². The number of imidazole rings is 1. The molecule has 0 aliphatic heterocycles. The molecule has 0 aliphatic rings. The highest BCUT2D eigenvalue weighted by Gasteiger charge is 2.31. The van der Waals surface area contributed by atoms with Gasteiger partial charge in [0.25, 0.3) is 0 Å². The first-order valence-corrected chi connectivity index (χ1v) is 9.04. The molecule has 3 aromatic heterocycles. The second-order valence-electron chi connectivity index (χ2n) is 5.31. The molecular formula is C15H13F3N4O3S. The highest BCUT2D eigenvalue weighted by atomic mass is 32.2. The second-order valence-corrected chi connectivity index (χ2v) is 7.56. The van der Waals surface area contributed by atoms with Crippen LogP contribution in [0.5, 0.6) is 5.75 Å². The molecule has 0 amide bonds. The lowest BCUT2D eigenvalue weighted by molar-refractivity contribution is -0.274. The summed E-state index contributed by atoms with van der Waals surface area (Å²) < 4.78 is 67.0. The van der Waals surface area contributed by atoms with Crippen LogP contribution in [0.4, 0.5) is 13.2 Å². The number of aromatic nitrogens is 4. The van der Waals surface area contributed by atoms with E-state index in [0.29, 0.717) is 0 Å². The largest absolute Gasteiger partial charge is 0.573 e. The number of hydrogen-bond donors (Lipinski definition) is 0. The van der Waals surface area contributed by atoms with Crippen LogP contribution in [-0.4, -0.2) is 40.1 Å². The topological polar surface area (TPSA) is 87.0 Å². The van der Waals surface area contributed by atoms with Crippen LogP contribution in [0.2, 0.25) is 0 Å². The maximum atomic E-state index is 12.4. The second kappa shape index (κ2) is 6.24. The molecule has 0 spiro atoms. The third-order valence-corrected chi connectivity index (χ3v) is 5.37. The molecule has 0 N–H and O–H groups in total. The highest BCUT2D eigenvalue weighted by molar-refractivity contribution is 7.91. The summed E-state index contributed by atoms with van der Waals surface area (Å²) in [6.45, 7) is 1.50. The van der Waals surface area contributed by atoms with Gasteiger partial charge in [-0.25, -0.2) is 18.4 Å². The summed E-state index contributed by atoms with van der Waals surface area (Å²) in [5, 5.41) is 0. The number of rotatable bonds is 4. The first kappa shape index (κ1) is 18.1. The number of pyridine rings is 2. The molecule has 0 bridgehead atoms. The predicted molar refractivity (Wildman–Crippen MR) is 86.1 cm³/mol. The molecule has 0 radical (unpaired) electrons. The summed E-state index contributed by atoms with van der Waals surface area (Å²) in [6.07, 6.45) is -2.52. The number of aryl methyl sites for hydroxylation is 1. The number of ether oxygens (including phenoxy) is 1. The molecule has 0 saturated heterocycles. The van der Waals surface area contributed by atoms with Gasteiger partial charge >= 0.3 is 6.36 Å². The van der Waals surface area contributed by atoms with Gasteiger partial charge in [0.2, 0.25) is 0 Å². The molecule has 3 rings (SSSR count).